The number of likely N-dealkylation sites (tertiary alicyclic amines) is 1. The average molecular weight is 534 g/mol. The van der Waals surface area contributed by atoms with Crippen LogP contribution in [0.1, 0.15) is 36.2 Å². The van der Waals surface area contributed by atoms with E-state index >= 15 is 8.78 Å². The van der Waals surface area contributed by atoms with Crippen molar-refractivity contribution in [2.24, 2.45) is 5.73 Å². The highest BCUT2D eigenvalue weighted by atomic mass is 19.2. The van der Waals surface area contributed by atoms with E-state index in [-0.39, 0.29) is 57.4 Å². The van der Waals surface area contributed by atoms with Gasteiger partial charge in [-0.1, -0.05) is 12.1 Å². The maximum Gasteiger partial charge on any atom is 0.253 e. The number of nitrogens with two attached hydrogens (primary N) is 1. The Kier molecular flexibility index (Phi) is 6.66. The third-order valence-corrected chi connectivity index (χ3v) is 6.81. The van der Waals surface area contributed by atoms with E-state index in [1.807, 2.05) is 0 Å². The van der Waals surface area contributed by atoms with Gasteiger partial charge in [-0.3, -0.25) is 9.48 Å². The number of carbonyl (C=O) groups excluding carboxylic acids is 1. The number of halogens is 3. The lowest BCUT2D eigenvalue weighted by Gasteiger charge is -2.19. The Labute approximate surface area is 222 Å². The van der Waals surface area contributed by atoms with Crippen molar-refractivity contribution in [1.29, 1.82) is 5.26 Å². The quantitative estimate of drug-likeness (QED) is 0.390. The van der Waals surface area contributed by atoms with Crippen LogP contribution >= 0.6 is 0 Å². The van der Waals surface area contributed by atoms with Gasteiger partial charge in [0.05, 0.1) is 23.9 Å². The lowest BCUT2D eigenvalue weighted by molar-refractivity contribution is 0.0589. The fourth-order valence-corrected chi connectivity index (χ4v) is 4.95. The molecular formula is C29H26F3N5O2. The molecule has 200 valence electrons. The topological polar surface area (TPSA) is 108 Å². The van der Waals surface area contributed by atoms with Gasteiger partial charge in [-0.15, -0.1) is 0 Å². The molecule has 3 N–H and O–H groups in total. The monoisotopic (exact) mass is 533 g/mol. The van der Waals surface area contributed by atoms with Gasteiger partial charge >= 0.3 is 0 Å². The van der Waals surface area contributed by atoms with E-state index in [0.29, 0.717) is 24.9 Å². The molecule has 1 aromatic heterocycles. The standard InChI is InChI=1S/C29H26F3N5O2/c1-29(2,39)15-37-27-19(13-35-37)10-23(25(31)26(27)32)21-6-5-17(28(38)36-8-7-20(34)14-36)9-22(21)16-3-4-18(12-33)24(30)11-16/h3-6,9-11,13,20,39H,7-8,14-15,34H2,1-2H3/t20-/m0/s1. The number of nitrogens with zero attached hydrogens (tertiary/aromatic N) is 4. The van der Waals surface area contributed by atoms with Crippen LogP contribution in [0.5, 0.6) is 0 Å². The zero-order chi connectivity index (χ0) is 28.1. The molecule has 5 rings (SSSR count). The van der Waals surface area contributed by atoms with Crippen LogP contribution < -0.4 is 5.73 Å². The first-order valence-corrected chi connectivity index (χ1v) is 12.4. The molecule has 39 heavy (non-hydrogen) atoms. The van der Waals surface area contributed by atoms with Gasteiger partial charge in [0.25, 0.3) is 5.91 Å². The molecular weight excluding hydrogens is 507 g/mol. The molecule has 2 heterocycles. The Bertz CT molecular complexity index is 1650. The van der Waals surface area contributed by atoms with Gasteiger partial charge in [-0.25, -0.2) is 13.2 Å². The van der Waals surface area contributed by atoms with E-state index in [4.69, 9.17) is 11.0 Å². The minimum Gasteiger partial charge on any atom is -0.389 e. The Balaban J connectivity index is 1.69. The molecule has 1 fully saturated rings. The Hall–Kier alpha value is -4.20. The van der Waals surface area contributed by atoms with Gasteiger partial charge < -0.3 is 15.7 Å². The summed E-state index contributed by atoms with van der Waals surface area (Å²) >= 11 is 0. The normalized spacial score (nSPS) is 15.6. The summed E-state index contributed by atoms with van der Waals surface area (Å²) in [7, 11) is 0. The number of amides is 1. The van der Waals surface area contributed by atoms with E-state index in [1.54, 1.807) is 11.0 Å². The molecule has 7 nitrogen and oxygen atoms in total. The van der Waals surface area contributed by atoms with Gasteiger partial charge in [-0.2, -0.15) is 10.4 Å². The van der Waals surface area contributed by atoms with Crippen LogP contribution in [0.15, 0.2) is 48.7 Å². The highest BCUT2D eigenvalue weighted by Crippen LogP contribution is 2.38. The molecule has 0 unspecified atom stereocenters. The predicted octanol–water partition coefficient (Wildman–Crippen LogP) is 4.60. The van der Waals surface area contributed by atoms with E-state index in [9.17, 15) is 14.3 Å². The number of hydrogen-bond donors (Lipinski definition) is 2. The molecule has 1 atom stereocenters. The number of rotatable bonds is 5. The van der Waals surface area contributed by atoms with Crippen molar-refractivity contribution in [2.75, 3.05) is 13.1 Å². The molecule has 0 radical (unpaired) electrons. The smallest absolute Gasteiger partial charge is 0.253 e. The molecule has 1 aliphatic rings. The van der Waals surface area contributed by atoms with Gasteiger partial charge in [0, 0.05) is 35.6 Å². The fourth-order valence-electron chi connectivity index (χ4n) is 4.95. The highest BCUT2D eigenvalue weighted by Gasteiger charge is 2.27. The minimum absolute atomic E-state index is 0.0566. The van der Waals surface area contributed by atoms with E-state index < -0.39 is 23.1 Å². The second-order valence-electron chi connectivity index (χ2n) is 10.5. The summed E-state index contributed by atoms with van der Waals surface area (Å²) in [6.07, 6.45) is 2.05. The lowest BCUT2D eigenvalue weighted by Crippen LogP contribution is -2.31. The van der Waals surface area contributed by atoms with E-state index in [2.05, 4.69) is 5.10 Å². The van der Waals surface area contributed by atoms with Crippen LogP contribution in [-0.2, 0) is 6.54 Å². The second-order valence-corrected chi connectivity index (χ2v) is 10.5. The van der Waals surface area contributed by atoms with Gasteiger partial charge in [-0.05, 0) is 67.3 Å². The number of aliphatic hydroxyl groups is 1. The summed E-state index contributed by atoms with van der Waals surface area (Å²) in [5.41, 5.74) is 5.45. The van der Waals surface area contributed by atoms with Crippen molar-refractivity contribution in [2.45, 2.75) is 38.5 Å². The van der Waals surface area contributed by atoms with Crippen molar-refractivity contribution in [3.63, 3.8) is 0 Å². The summed E-state index contributed by atoms with van der Waals surface area (Å²) in [5, 5.41) is 23.7. The van der Waals surface area contributed by atoms with E-state index in [0.717, 1.165) is 6.07 Å². The first-order valence-electron chi connectivity index (χ1n) is 12.4. The average Bonchev–Trinajstić information content (AvgIpc) is 3.50. The van der Waals surface area contributed by atoms with Crippen molar-refractivity contribution in [3.8, 4) is 28.3 Å². The number of benzene rings is 3. The fraction of sp³-hybridized carbons (Fsp3) is 0.276. The number of fused-ring (bicyclic) bond motifs is 1. The predicted molar refractivity (Wildman–Crippen MR) is 140 cm³/mol. The van der Waals surface area contributed by atoms with Crippen molar-refractivity contribution >= 4 is 16.8 Å². The largest absolute Gasteiger partial charge is 0.389 e. The van der Waals surface area contributed by atoms with Crippen molar-refractivity contribution in [3.05, 3.63) is 77.2 Å². The van der Waals surface area contributed by atoms with Crippen molar-refractivity contribution in [1.82, 2.24) is 14.7 Å². The number of hydrogen-bond acceptors (Lipinski definition) is 5. The summed E-state index contributed by atoms with van der Waals surface area (Å²) in [6.45, 7) is 3.90. The van der Waals surface area contributed by atoms with E-state index in [1.165, 1.54) is 61.1 Å². The molecule has 4 aromatic rings. The maximum atomic E-state index is 15.7. The Morgan fingerprint density at radius 3 is 2.54 bits per heavy atom. The third-order valence-electron chi connectivity index (χ3n) is 6.81. The van der Waals surface area contributed by atoms with Gasteiger partial charge in [0.2, 0.25) is 0 Å². The molecule has 0 aliphatic carbocycles. The van der Waals surface area contributed by atoms with Crippen molar-refractivity contribution < 1.29 is 23.1 Å². The number of carbonyl (C=O) groups is 1. The SMILES string of the molecule is CC(C)(O)Cn1ncc2cc(-c3ccc(C(=O)N4CC[C@H](N)C4)cc3-c3ccc(C#N)c(F)c3)c(F)c(F)c21. The van der Waals surface area contributed by atoms with Gasteiger partial charge in [0.15, 0.2) is 11.6 Å². The molecule has 10 heteroatoms. The molecule has 1 saturated heterocycles. The summed E-state index contributed by atoms with van der Waals surface area (Å²) in [6, 6.07) is 11.5. The first-order chi connectivity index (χ1) is 18.5. The molecule has 1 aliphatic heterocycles. The zero-order valence-corrected chi connectivity index (χ0v) is 21.4. The lowest BCUT2D eigenvalue weighted by atomic mass is 9.91. The molecule has 0 saturated carbocycles. The molecule has 1 amide bonds. The minimum atomic E-state index is -1.21. The molecule has 0 bridgehead atoms. The number of aromatic nitrogens is 2. The third kappa shape index (κ3) is 4.99. The van der Waals surface area contributed by atoms with Crippen LogP contribution in [0.2, 0.25) is 0 Å². The van der Waals surface area contributed by atoms with Gasteiger partial charge in [0.1, 0.15) is 17.4 Å². The maximum absolute atomic E-state index is 15.7. The first kappa shape index (κ1) is 26.4. The zero-order valence-electron chi connectivity index (χ0n) is 21.4. The molecule has 0 spiro atoms. The van der Waals surface area contributed by atoms with Crippen LogP contribution in [0, 0.1) is 28.8 Å². The Morgan fingerprint density at radius 2 is 1.90 bits per heavy atom. The highest BCUT2D eigenvalue weighted by molar-refractivity contribution is 5.99. The summed E-state index contributed by atoms with van der Waals surface area (Å²) in [5.74, 6) is -3.36. The van der Waals surface area contributed by atoms with Crippen LogP contribution in [0.25, 0.3) is 33.2 Å². The summed E-state index contributed by atoms with van der Waals surface area (Å²) in [4.78, 5) is 14.8. The summed E-state index contributed by atoms with van der Waals surface area (Å²) < 4.78 is 47.0. The molecule has 3 aromatic carbocycles. The van der Waals surface area contributed by atoms with Crippen LogP contribution in [0.3, 0.4) is 0 Å². The Morgan fingerprint density at radius 1 is 1.13 bits per heavy atom. The number of nitriles is 1. The van der Waals surface area contributed by atoms with Crippen LogP contribution in [-0.4, -0.2) is 50.4 Å². The second kappa shape index (κ2) is 9.84. The van der Waals surface area contributed by atoms with Crippen LogP contribution in [0.4, 0.5) is 13.2 Å².